The third-order valence-electron chi connectivity index (χ3n) is 4.85. The first-order valence-electron chi connectivity index (χ1n) is 12.5. The van der Waals surface area contributed by atoms with E-state index in [9.17, 15) is 0 Å². The molecule has 0 aromatic carbocycles. The van der Waals surface area contributed by atoms with Crippen molar-refractivity contribution in [2.75, 3.05) is 43.2 Å². The lowest BCUT2D eigenvalue weighted by Gasteiger charge is -2.39. The van der Waals surface area contributed by atoms with Gasteiger partial charge >= 0.3 is 0 Å². The maximum Gasteiger partial charge on any atom is 0.202 e. The van der Waals surface area contributed by atoms with Crippen molar-refractivity contribution >= 4 is 17.9 Å². The summed E-state index contributed by atoms with van der Waals surface area (Å²) < 4.78 is 5.26. The van der Waals surface area contributed by atoms with Crippen molar-refractivity contribution < 1.29 is 9.84 Å². The molecule has 0 spiro atoms. The molecule has 0 saturated heterocycles. The van der Waals surface area contributed by atoms with Crippen molar-refractivity contribution in [1.82, 2.24) is 0 Å². The molecule has 0 amide bonds. The minimum Gasteiger partial charge on any atom is -0.499 e. The molecule has 0 aromatic rings. The highest BCUT2D eigenvalue weighted by Gasteiger charge is 2.21. The highest BCUT2D eigenvalue weighted by atomic mass is 32.3. The third-order valence-corrected chi connectivity index (χ3v) is 12.0. The summed E-state index contributed by atoms with van der Waals surface area (Å²) in [6.45, 7) is 36.4. The van der Waals surface area contributed by atoms with Crippen LogP contribution in [0.15, 0.2) is 62.6 Å². The summed E-state index contributed by atoms with van der Waals surface area (Å²) in [5, 5.41) is 9.08. The van der Waals surface area contributed by atoms with Crippen LogP contribution in [0, 0.1) is 24.2 Å². The van der Waals surface area contributed by atoms with E-state index in [4.69, 9.17) is 16.3 Å². The standard InChI is InChI=1S/C16H29O2PS.C6H14.C5H10.2C2H4/c1-7-15(3)13-20(6,14-19(4)5)11-9-10-18-12-16(17)8-2;1-4-6(3)5-2;1-4-5(2)3;2*1-2/h2,7,12,15,17H,1,9-11,13-14H2,3-6H3;6H,4-5H2,1-3H3;4H,1-3H3;2*1-2H2/b16-12-;;;;. The summed E-state index contributed by atoms with van der Waals surface area (Å²) in [4.78, 5) is 0. The lowest BCUT2D eigenvalue weighted by molar-refractivity contribution is 0.234. The Balaban J connectivity index is -0.000000163. The average Bonchev–Trinajstić information content (AvgIpc) is 2.85. The molecule has 0 bridgehead atoms. The Kier molecular flexibility index (Phi) is 40.7. The number of hydrogen-bond donors (Lipinski definition) is 1. The average molecular weight is 529 g/mol. The molecule has 0 saturated carbocycles. The molecular formula is C31H61O2PS. The van der Waals surface area contributed by atoms with Crippen LogP contribution in [0.25, 0.3) is 0 Å². The smallest absolute Gasteiger partial charge is 0.202 e. The van der Waals surface area contributed by atoms with Gasteiger partial charge in [-0.25, -0.2) is 10.0 Å². The summed E-state index contributed by atoms with van der Waals surface area (Å²) >= 11 is 0. The van der Waals surface area contributed by atoms with E-state index in [0.717, 1.165) is 12.3 Å². The molecule has 2 unspecified atom stereocenters. The summed E-state index contributed by atoms with van der Waals surface area (Å²) in [5.41, 5.74) is 2.73. The van der Waals surface area contributed by atoms with Crippen LogP contribution in [-0.4, -0.2) is 48.3 Å². The van der Waals surface area contributed by atoms with E-state index < -0.39 is 10.0 Å². The minimum atomic E-state index is -0.602. The van der Waals surface area contributed by atoms with Crippen molar-refractivity contribution in [3.8, 4) is 12.3 Å². The number of hydrogen-bond acceptors (Lipinski definition) is 2. The van der Waals surface area contributed by atoms with Crippen molar-refractivity contribution in [1.29, 1.82) is 0 Å². The summed E-state index contributed by atoms with van der Waals surface area (Å²) in [7, 11) is -0.480. The van der Waals surface area contributed by atoms with Crippen LogP contribution in [0.3, 0.4) is 0 Å². The third kappa shape index (κ3) is 40.1. The highest BCUT2D eigenvalue weighted by molar-refractivity contribution is 8.35. The molecule has 0 rings (SSSR count). The van der Waals surface area contributed by atoms with Crippen molar-refractivity contribution in [2.24, 2.45) is 11.8 Å². The molecular weight excluding hydrogens is 467 g/mol. The van der Waals surface area contributed by atoms with Crippen LogP contribution in [0.5, 0.6) is 0 Å². The van der Waals surface area contributed by atoms with Gasteiger partial charge in [0.1, 0.15) is 6.26 Å². The molecule has 0 heterocycles. The zero-order valence-electron chi connectivity index (χ0n) is 25.2. The molecule has 0 radical (unpaired) electrons. The van der Waals surface area contributed by atoms with Crippen LogP contribution >= 0.6 is 17.9 Å². The second-order valence-electron chi connectivity index (χ2n) is 8.93. The Morgan fingerprint density at radius 1 is 1.11 bits per heavy atom. The van der Waals surface area contributed by atoms with Gasteiger partial charge in [-0.15, -0.1) is 47.2 Å². The van der Waals surface area contributed by atoms with Crippen molar-refractivity contribution in [2.45, 2.75) is 67.7 Å². The van der Waals surface area contributed by atoms with Crippen LogP contribution in [0.4, 0.5) is 0 Å². The van der Waals surface area contributed by atoms with Crippen molar-refractivity contribution in [3.05, 3.63) is 62.6 Å². The zero-order chi connectivity index (χ0) is 28.9. The first kappa shape index (κ1) is 43.7. The fraction of sp³-hybridized carbons (Fsp3) is 0.613. The van der Waals surface area contributed by atoms with E-state index in [2.05, 4.69) is 112 Å². The van der Waals surface area contributed by atoms with E-state index in [1.807, 2.05) is 6.92 Å². The van der Waals surface area contributed by atoms with Crippen LogP contribution in [0.1, 0.15) is 67.7 Å². The van der Waals surface area contributed by atoms with Gasteiger partial charge in [-0.05, 0) is 81.5 Å². The fourth-order valence-corrected chi connectivity index (χ4v) is 10.8. The molecule has 0 aliphatic rings. The largest absolute Gasteiger partial charge is 0.499 e. The van der Waals surface area contributed by atoms with Gasteiger partial charge in [0.2, 0.25) is 5.76 Å². The highest BCUT2D eigenvalue weighted by Crippen LogP contribution is 2.54. The first-order chi connectivity index (χ1) is 16.4. The summed E-state index contributed by atoms with van der Waals surface area (Å²) in [6.07, 6.45) is 16.5. The van der Waals surface area contributed by atoms with E-state index in [-0.39, 0.29) is 13.7 Å². The topological polar surface area (TPSA) is 29.5 Å². The van der Waals surface area contributed by atoms with Crippen LogP contribution < -0.4 is 0 Å². The molecule has 0 fully saturated rings. The number of terminal acetylenes is 1. The lowest BCUT2D eigenvalue weighted by atomic mass is 10.1. The monoisotopic (exact) mass is 528 g/mol. The molecule has 35 heavy (non-hydrogen) atoms. The molecule has 4 heteroatoms. The predicted molar refractivity (Wildman–Crippen MR) is 174 cm³/mol. The van der Waals surface area contributed by atoms with Gasteiger partial charge in [-0.2, -0.15) is 0 Å². The minimum absolute atomic E-state index is 0.122. The quantitative estimate of drug-likeness (QED) is 0.0897. The maximum absolute atomic E-state index is 9.08. The molecule has 208 valence electrons. The normalized spacial score (nSPS) is 13.2. The Morgan fingerprint density at radius 2 is 1.57 bits per heavy atom. The molecule has 0 aromatic heterocycles. The van der Waals surface area contributed by atoms with E-state index in [1.165, 1.54) is 41.7 Å². The molecule has 0 aliphatic carbocycles. The van der Waals surface area contributed by atoms with E-state index >= 15 is 0 Å². The molecule has 1 N–H and O–H groups in total. The van der Waals surface area contributed by atoms with E-state index in [1.54, 1.807) is 0 Å². The van der Waals surface area contributed by atoms with Gasteiger partial charge in [0.25, 0.3) is 0 Å². The van der Waals surface area contributed by atoms with Crippen LogP contribution in [-0.2, 0) is 4.74 Å². The first-order valence-corrected chi connectivity index (χ1v) is 17.4. The van der Waals surface area contributed by atoms with Gasteiger partial charge < -0.3 is 9.84 Å². The Labute approximate surface area is 225 Å². The second-order valence-corrected chi connectivity index (χ2v) is 15.8. The zero-order valence-corrected chi connectivity index (χ0v) is 26.9. The Hall–Kier alpha value is -1.36. The van der Waals surface area contributed by atoms with Gasteiger partial charge in [0.05, 0.1) is 6.61 Å². The van der Waals surface area contributed by atoms with Gasteiger partial charge in [-0.3, -0.25) is 0 Å². The number of ether oxygens (including phenoxy) is 1. The SMILES string of the molecule is C#C/C(O)=C/OCCCS(C)(CC(C)C=C)CP(C)C.C=C.C=C.CC=C(C)C.CCC(C)CC. The Bertz CT molecular complexity index is 553. The second kappa shape index (κ2) is 32.6. The number of rotatable bonds is 12. The van der Waals surface area contributed by atoms with Gasteiger partial charge in [0, 0.05) is 0 Å². The van der Waals surface area contributed by atoms with Gasteiger partial charge in [0.15, 0.2) is 0 Å². The number of aliphatic hydroxyl groups excluding tert-OH is 1. The van der Waals surface area contributed by atoms with Crippen LogP contribution in [0.2, 0.25) is 0 Å². The summed E-state index contributed by atoms with van der Waals surface area (Å²) in [5.74, 6) is 5.95. The maximum atomic E-state index is 9.08. The van der Waals surface area contributed by atoms with Gasteiger partial charge in [-0.1, -0.05) is 58.3 Å². The summed E-state index contributed by atoms with van der Waals surface area (Å²) in [6, 6.07) is 0. The predicted octanol–water partition coefficient (Wildman–Crippen LogP) is 10.4. The fourth-order valence-electron chi connectivity index (χ4n) is 2.48. The number of allylic oxidation sites excluding steroid dienone is 4. The molecule has 2 nitrogen and oxygen atoms in total. The number of aliphatic hydroxyl groups is 1. The Morgan fingerprint density at radius 3 is 1.86 bits per heavy atom. The lowest BCUT2D eigenvalue weighted by Crippen LogP contribution is -2.16. The van der Waals surface area contributed by atoms with E-state index in [0.29, 0.717) is 12.5 Å². The molecule has 0 aliphatic heterocycles. The van der Waals surface area contributed by atoms with Crippen molar-refractivity contribution in [3.63, 3.8) is 0 Å². The molecule has 2 atom stereocenters.